The Hall–Kier alpha value is -4.61. The number of benzene rings is 6. The largest absolute Gasteiger partial charge is 0.543 e. The van der Waals surface area contributed by atoms with Gasteiger partial charge >= 0.3 is 0 Å². The summed E-state index contributed by atoms with van der Waals surface area (Å²) in [7, 11) is -4.55. The molecule has 0 saturated carbocycles. The maximum Gasteiger partial charge on any atom is 0.242 e. The van der Waals surface area contributed by atoms with Crippen molar-refractivity contribution in [1.29, 1.82) is 0 Å². The van der Waals surface area contributed by atoms with E-state index >= 15 is 0 Å². The highest BCUT2D eigenvalue weighted by molar-refractivity contribution is 7.99. The molecule has 0 aliphatic heterocycles. The Morgan fingerprint density at radius 2 is 0.923 bits per heavy atom. The molecule has 0 aliphatic carbocycles. The molecule has 8 heteroatoms. The minimum Gasteiger partial charge on any atom is -0.543 e. The molecule has 1 atom stereocenters. The molecule has 0 N–H and O–H groups in total. The van der Waals surface area contributed by atoms with Crippen LogP contribution in [0, 0.1) is 0 Å². The monoisotopic (exact) mass is 755 g/mol. The van der Waals surface area contributed by atoms with Crippen molar-refractivity contribution in [2.45, 2.75) is 63.8 Å². The maximum atomic E-state index is 13.3. The van der Waals surface area contributed by atoms with Crippen LogP contribution in [-0.4, -0.2) is 28.2 Å². The van der Waals surface area contributed by atoms with Gasteiger partial charge in [0.25, 0.3) is 0 Å². The fourth-order valence-corrected chi connectivity index (χ4v) is 10.4. The first kappa shape index (κ1) is 37.2. The minimum atomic E-state index is -2.03. The van der Waals surface area contributed by atoms with Crippen molar-refractivity contribution in [3.8, 4) is 11.5 Å². The van der Waals surface area contributed by atoms with Gasteiger partial charge < -0.3 is 8.85 Å². The van der Waals surface area contributed by atoms with Gasteiger partial charge in [0.2, 0.25) is 21.5 Å². The summed E-state index contributed by atoms with van der Waals surface area (Å²) >= 11 is 1.63. The van der Waals surface area contributed by atoms with Crippen LogP contribution >= 0.6 is 11.8 Å². The molecule has 6 rings (SSSR count). The molecule has 0 saturated heterocycles. The highest BCUT2D eigenvalue weighted by Crippen LogP contribution is 2.43. The van der Waals surface area contributed by atoms with Crippen molar-refractivity contribution >= 4 is 50.9 Å². The predicted molar refractivity (Wildman–Crippen MR) is 220 cm³/mol. The number of carbonyl (C=O) groups excluding carboxylic acids is 2. The van der Waals surface area contributed by atoms with E-state index in [0.717, 1.165) is 36.0 Å². The van der Waals surface area contributed by atoms with Gasteiger partial charge in [0, 0.05) is 33.2 Å². The number of hydrogen-bond donors (Lipinski definition) is 0. The van der Waals surface area contributed by atoms with Crippen LogP contribution in [0.1, 0.15) is 31.8 Å². The van der Waals surface area contributed by atoms with Gasteiger partial charge in [0.1, 0.15) is 16.6 Å². The molecular weight excluding hydrogens is 713 g/mol. The first-order valence-corrected chi connectivity index (χ1v) is 26.1. The van der Waals surface area contributed by atoms with E-state index in [2.05, 4.69) is 87.8 Å². The summed E-state index contributed by atoms with van der Waals surface area (Å²) in [6, 6.07) is 49.4. The van der Waals surface area contributed by atoms with Gasteiger partial charge in [-0.05, 0) is 112 Å². The third-order valence-corrected chi connectivity index (χ3v) is 12.8. The first-order valence-electron chi connectivity index (χ1n) is 17.3. The molecule has 0 heterocycles. The van der Waals surface area contributed by atoms with Crippen molar-refractivity contribution < 1.29 is 18.4 Å². The summed E-state index contributed by atoms with van der Waals surface area (Å²) < 4.78 is 13.5. The van der Waals surface area contributed by atoms with E-state index in [0.29, 0.717) is 22.3 Å². The Morgan fingerprint density at radius 1 is 0.481 bits per heavy atom. The molecule has 6 aromatic rings. The first-order chi connectivity index (χ1) is 24.8. The number of carbonyl (C=O) groups is 2. The van der Waals surface area contributed by atoms with Gasteiger partial charge in [-0.3, -0.25) is 9.59 Å². The number of hydrogen-bond acceptors (Lipinski definition) is 5. The summed E-state index contributed by atoms with van der Waals surface area (Å²) in [5.41, 5.74) is 2.65. The Balaban J connectivity index is 1.39. The van der Waals surface area contributed by atoms with E-state index in [1.165, 1.54) is 0 Å². The molecule has 4 nitrogen and oxygen atoms in total. The molecule has 52 heavy (non-hydrogen) atoms. The van der Waals surface area contributed by atoms with E-state index in [-0.39, 0.29) is 11.6 Å². The zero-order valence-electron chi connectivity index (χ0n) is 30.4. The van der Waals surface area contributed by atoms with Crippen LogP contribution in [-0.2, 0) is 10.9 Å². The van der Waals surface area contributed by atoms with Crippen molar-refractivity contribution in [1.82, 2.24) is 0 Å². The summed E-state index contributed by atoms with van der Waals surface area (Å²) in [5, 5.41) is 0. The van der Waals surface area contributed by atoms with Gasteiger partial charge in [-0.2, -0.15) is 0 Å². The van der Waals surface area contributed by atoms with Crippen LogP contribution in [0.25, 0.3) is 0 Å². The van der Waals surface area contributed by atoms with Crippen molar-refractivity contribution in [3.05, 3.63) is 174 Å². The second-order valence-electron chi connectivity index (χ2n) is 14.3. The molecule has 0 radical (unpaired) electrons. The van der Waals surface area contributed by atoms with Gasteiger partial charge in [-0.25, -0.2) is 0 Å². The summed E-state index contributed by atoms with van der Waals surface area (Å²) in [4.78, 5) is 31.6. The zero-order chi connectivity index (χ0) is 36.9. The number of ketones is 2. The zero-order valence-corrected chi connectivity index (χ0v) is 34.0. The lowest BCUT2D eigenvalue weighted by Gasteiger charge is -2.23. The molecule has 0 spiro atoms. The highest BCUT2D eigenvalue weighted by atomic mass is 32.2. The lowest BCUT2D eigenvalue weighted by atomic mass is 10.0. The van der Waals surface area contributed by atoms with E-state index in [9.17, 15) is 9.59 Å². The Labute approximate surface area is 316 Å². The fourth-order valence-electron chi connectivity index (χ4n) is 5.59. The second kappa shape index (κ2) is 16.0. The molecular formula is C44H43O4S2Si2+. The standard InChI is InChI=1S/C44H43O4S2Si2/c1-51(2,3)47-39-19-13-14-20-42(39)50(37-27-23-35(24-28-37)44(46)33-17-11-8-12-18-33)38-29-30-41(40(31-38)48-52(4,5)6)49-36-25-21-34(22-26-36)43(45)32-15-9-7-10-16-32/h7-31H,1-6H3/q+1. The fraction of sp³-hybridized carbons (Fsp3) is 0.136. The van der Waals surface area contributed by atoms with Gasteiger partial charge in [-0.1, -0.05) is 84.6 Å². The average Bonchev–Trinajstić information content (AvgIpc) is 3.13. The number of para-hydroxylation sites is 1. The van der Waals surface area contributed by atoms with Crippen LogP contribution in [0.4, 0.5) is 0 Å². The summed E-state index contributed by atoms with van der Waals surface area (Å²) in [6.45, 7) is 13.2. The van der Waals surface area contributed by atoms with Crippen LogP contribution in [0.3, 0.4) is 0 Å². The molecule has 262 valence electrons. The smallest absolute Gasteiger partial charge is 0.242 e. The SMILES string of the molecule is C[Si](C)(C)Oc1cc([S+](c2ccc(C(=O)c3ccccc3)cc2)c2ccccc2O[Si](C)(C)C)ccc1Sc1ccc(C(=O)c2ccccc2)cc1. The Morgan fingerprint density at radius 3 is 1.46 bits per heavy atom. The average molecular weight is 756 g/mol. The molecule has 0 aliphatic rings. The van der Waals surface area contributed by atoms with E-state index in [1.54, 1.807) is 11.8 Å². The van der Waals surface area contributed by atoms with Crippen LogP contribution in [0.5, 0.6) is 11.5 Å². The van der Waals surface area contributed by atoms with E-state index < -0.39 is 27.5 Å². The number of rotatable bonds is 13. The third kappa shape index (κ3) is 9.43. The maximum absolute atomic E-state index is 13.3. The molecule has 6 aromatic carbocycles. The lowest BCUT2D eigenvalue weighted by molar-refractivity contribution is 0.103. The molecule has 0 bridgehead atoms. The molecule has 1 unspecified atom stereocenters. The van der Waals surface area contributed by atoms with Crippen LogP contribution in [0.2, 0.25) is 39.3 Å². The topological polar surface area (TPSA) is 52.6 Å². The minimum absolute atomic E-state index is 0.000774. The molecule has 0 fully saturated rings. The highest BCUT2D eigenvalue weighted by Gasteiger charge is 2.35. The third-order valence-electron chi connectivity index (χ3n) is 7.82. The second-order valence-corrected chi connectivity index (χ2v) is 26.3. The van der Waals surface area contributed by atoms with Crippen LogP contribution in [0.15, 0.2) is 176 Å². The van der Waals surface area contributed by atoms with Gasteiger partial charge in [0.15, 0.2) is 27.1 Å². The Bertz CT molecular complexity index is 2160. The lowest BCUT2D eigenvalue weighted by Crippen LogP contribution is -2.30. The van der Waals surface area contributed by atoms with Crippen molar-refractivity contribution in [3.63, 3.8) is 0 Å². The molecule has 0 amide bonds. The summed E-state index contributed by atoms with van der Waals surface area (Å²) in [5.74, 6) is 1.72. The van der Waals surface area contributed by atoms with Gasteiger partial charge in [0.05, 0.1) is 4.90 Å². The normalized spacial score (nSPS) is 12.2. The van der Waals surface area contributed by atoms with Gasteiger partial charge in [-0.15, -0.1) is 0 Å². The van der Waals surface area contributed by atoms with Crippen molar-refractivity contribution in [2.75, 3.05) is 0 Å². The summed E-state index contributed by atoms with van der Waals surface area (Å²) in [6.07, 6.45) is 0. The van der Waals surface area contributed by atoms with Crippen molar-refractivity contribution in [2.24, 2.45) is 0 Å². The quantitative estimate of drug-likeness (QED) is 0.0667. The Kier molecular flexibility index (Phi) is 11.4. The van der Waals surface area contributed by atoms with Crippen LogP contribution < -0.4 is 8.85 Å². The predicted octanol–water partition coefficient (Wildman–Crippen LogP) is 11.8. The van der Waals surface area contributed by atoms with E-state index in [1.807, 2.05) is 103 Å². The van der Waals surface area contributed by atoms with E-state index in [4.69, 9.17) is 8.85 Å². The molecule has 0 aromatic heterocycles.